The average Bonchev–Trinajstić information content (AvgIpc) is 1.90. The van der Waals surface area contributed by atoms with Crippen LogP contribution in [0.2, 0.25) is 0 Å². The van der Waals surface area contributed by atoms with Gasteiger partial charge in [-0.3, -0.25) is 0 Å². The van der Waals surface area contributed by atoms with E-state index in [-0.39, 0.29) is 84.4 Å². The molecule has 0 bridgehead atoms. The van der Waals surface area contributed by atoms with Crippen molar-refractivity contribution < 1.29 is 76.0 Å². The first kappa shape index (κ1) is 23.9. The van der Waals surface area contributed by atoms with E-state index < -0.39 is 6.10 Å². The molecule has 2 radical (unpaired) electrons. The van der Waals surface area contributed by atoms with Crippen molar-refractivity contribution in [2.45, 2.75) is 13.0 Å². The van der Waals surface area contributed by atoms with E-state index in [2.05, 4.69) is 0 Å². The molecule has 0 aliphatic heterocycles. The molecule has 13 heavy (non-hydrogen) atoms. The number of hydrogen-bond donors (Lipinski definition) is 0. The molecular formula is C9H13KNORu-. The van der Waals surface area contributed by atoms with Gasteiger partial charge in [0.25, 0.3) is 0 Å². The molecule has 0 aliphatic carbocycles. The number of nitrogens with two attached hydrogens (primary N) is 1. The van der Waals surface area contributed by atoms with Crippen molar-refractivity contribution in [1.82, 2.24) is 0 Å². The molecule has 0 aliphatic rings. The van der Waals surface area contributed by atoms with Crippen molar-refractivity contribution in [3.63, 3.8) is 0 Å². The molecule has 0 saturated carbocycles. The van der Waals surface area contributed by atoms with Crippen LogP contribution in [-0.4, -0.2) is 0 Å². The monoisotopic (exact) mass is 292 g/mol. The van der Waals surface area contributed by atoms with Gasteiger partial charge >= 0.3 is 70.9 Å². The summed E-state index contributed by atoms with van der Waals surface area (Å²) in [5.41, 5.74) is 0.859. The van der Waals surface area contributed by atoms with E-state index >= 15 is 0 Å². The normalized spacial score (nSPS) is 9.08. The largest absolute Gasteiger partial charge is 1.00 e. The standard InChI is InChI=1S/C8H9O.CH2.K.H2N.Ru/c1-7(9)8-5-3-2-4-6-8;;;;/h2-7H,1H3;1H2;;1H2;/q2*-1;+1;-1;+1/t7-;;;;/m1..../s1. The Labute approximate surface area is 136 Å². The van der Waals surface area contributed by atoms with Crippen LogP contribution in [0.25, 0.3) is 6.15 Å². The van der Waals surface area contributed by atoms with E-state index in [0.29, 0.717) is 0 Å². The number of rotatable bonds is 1. The van der Waals surface area contributed by atoms with Crippen LogP contribution in [0.3, 0.4) is 0 Å². The van der Waals surface area contributed by atoms with Gasteiger partial charge in [-0.15, -0.1) is 6.10 Å². The van der Waals surface area contributed by atoms with Gasteiger partial charge in [-0.05, 0) is 0 Å². The number of hydrogen-bond acceptors (Lipinski definition) is 1. The summed E-state index contributed by atoms with van der Waals surface area (Å²) in [7, 11) is 0. The van der Waals surface area contributed by atoms with Crippen molar-refractivity contribution in [2.75, 3.05) is 0 Å². The Balaban J connectivity index is -0.000000101. The Bertz CT molecular complexity index is 182. The van der Waals surface area contributed by atoms with Gasteiger partial charge in [0.05, 0.1) is 0 Å². The topological polar surface area (TPSA) is 56.6 Å². The van der Waals surface area contributed by atoms with Crippen LogP contribution in [0.4, 0.5) is 0 Å². The van der Waals surface area contributed by atoms with Crippen molar-refractivity contribution in [2.24, 2.45) is 0 Å². The van der Waals surface area contributed by atoms with Gasteiger partial charge in [0, 0.05) is 0 Å². The fourth-order valence-electron chi connectivity index (χ4n) is 0.724. The summed E-state index contributed by atoms with van der Waals surface area (Å²) in [6.07, 6.45) is -0.591. The van der Waals surface area contributed by atoms with Crippen LogP contribution in [0.15, 0.2) is 30.3 Å². The van der Waals surface area contributed by atoms with Crippen LogP contribution in [0.5, 0.6) is 0 Å². The van der Waals surface area contributed by atoms with Gasteiger partial charge < -0.3 is 18.7 Å². The summed E-state index contributed by atoms with van der Waals surface area (Å²) in [6, 6.07) is 9.36. The third kappa shape index (κ3) is 9.70. The molecule has 0 saturated heterocycles. The molecule has 2 N–H and O–H groups in total. The second kappa shape index (κ2) is 13.4. The van der Waals surface area contributed by atoms with E-state index in [4.69, 9.17) is 0 Å². The van der Waals surface area contributed by atoms with Gasteiger partial charge in [-0.25, -0.2) is 0 Å². The Hall–Kier alpha value is 1.40. The van der Waals surface area contributed by atoms with E-state index in [9.17, 15) is 5.11 Å². The molecule has 1 atom stereocenters. The molecule has 1 aromatic carbocycles. The fourth-order valence-corrected chi connectivity index (χ4v) is 0.724. The zero-order chi connectivity index (χ0) is 6.69. The molecule has 1 rings (SSSR count). The van der Waals surface area contributed by atoms with E-state index in [0.717, 1.165) is 5.56 Å². The Morgan fingerprint density at radius 1 is 1.15 bits per heavy atom. The third-order valence-corrected chi connectivity index (χ3v) is 1.27. The summed E-state index contributed by atoms with van der Waals surface area (Å²) >= 11 is 0. The molecule has 0 heterocycles. The predicted molar refractivity (Wildman–Crippen MR) is 45.5 cm³/mol. The van der Waals surface area contributed by atoms with Crippen LogP contribution in [0, 0.1) is 7.43 Å². The zero-order valence-corrected chi connectivity index (χ0v) is 12.9. The summed E-state index contributed by atoms with van der Waals surface area (Å²) < 4.78 is 0. The van der Waals surface area contributed by atoms with Crippen LogP contribution in [0.1, 0.15) is 18.6 Å². The first-order chi connectivity index (χ1) is 4.30. The molecule has 1 aromatic rings. The Morgan fingerprint density at radius 3 is 1.77 bits per heavy atom. The Morgan fingerprint density at radius 2 is 1.54 bits per heavy atom. The maximum Gasteiger partial charge on any atom is 1.00 e. The Kier molecular flexibility index (Phi) is 24.6. The summed E-state index contributed by atoms with van der Waals surface area (Å²) in [6.45, 7) is 1.65. The van der Waals surface area contributed by atoms with Crippen molar-refractivity contribution >= 4 is 0 Å². The van der Waals surface area contributed by atoms with Gasteiger partial charge in [-0.1, -0.05) is 42.8 Å². The molecule has 2 nitrogen and oxygen atoms in total. The first-order valence-corrected chi connectivity index (χ1v) is 3.01. The third-order valence-electron chi connectivity index (χ3n) is 1.27. The molecular weight excluding hydrogens is 278 g/mol. The van der Waals surface area contributed by atoms with Crippen LogP contribution in [-0.2, 0) is 19.5 Å². The average molecular weight is 291 g/mol. The smallest absolute Gasteiger partial charge is 0.849 e. The quantitative estimate of drug-likeness (QED) is 0.491. The number of benzene rings is 1. The molecule has 0 fully saturated rings. The molecule has 4 heteroatoms. The van der Waals surface area contributed by atoms with E-state index in [1.807, 2.05) is 30.3 Å². The second-order valence-electron chi connectivity index (χ2n) is 2.05. The summed E-state index contributed by atoms with van der Waals surface area (Å²) in [4.78, 5) is 0. The summed E-state index contributed by atoms with van der Waals surface area (Å²) in [5, 5.41) is 10.7. The summed E-state index contributed by atoms with van der Waals surface area (Å²) in [5.74, 6) is 0. The maximum atomic E-state index is 10.7. The molecule has 0 spiro atoms. The van der Waals surface area contributed by atoms with Gasteiger partial charge in [0.2, 0.25) is 0 Å². The first-order valence-electron chi connectivity index (χ1n) is 3.01. The molecule has 0 unspecified atom stereocenters. The molecule has 0 aromatic heterocycles. The second-order valence-corrected chi connectivity index (χ2v) is 2.05. The minimum absolute atomic E-state index is 0. The SMILES string of the molecule is C[C@@H]([O-])c1ccccc1.[CH2-].[K+].[NH2-].[Ru+]. The van der Waals surface area contributed by atoms with Crippen LogP contribution < -0.4 is 56.5 Å². The van der Waals surface area contributed by atoms with E-state index in [1.54, 1.807) is 6.92 Å². The van der Waals surface area contributed by atoms with Crippen molar-refractivity contribution in [3.05, 3.63) is 49.5 Å². The van der Waals surface area contributed by atoms with Crippen LogP contribution >= 0.6 is 0 Å². The van der Waals surface area contributed by atoms with E-state index in [1.165, 1.54) is 0 Å². The maximum absolute atomic E-state index is 10.7. The fraction of sp³-hybridized carbons (Fsp3) is 0.222. The predicted octanol–water partition coefficient (Wildman–Crippen LogP) is -0.846. The van der Waals surface area contributed by atoms with Gasteiger partial charge in [0.15, 0.2) is 0 Å². The minimum Gasteiger partial charge on any atom is -0.849 e. The van der Waals surface area contributed by atoms with Gasteiger partial charge in [0.1, 0.15) is 0 Å². The zero-order valence-electron chi connectivity index (χ0n) is 8.01. The van der Waals surface area contributed by atoms with Crippen molar-refractivity contribution in [3.8, 4) is 0 Å². The van der Waals surface area contributed by atoms with Gasteiger partial charge in [-0.2, -0.15) is 0 Å². The molecule has 70 valence electrons. The molecule has 0 amide bonds. The minimum atomic E-state index is -0.591. The van der Waals surface area contributed by atoms with Crippen molar-refractivity contribution in [1.29, 1.82) is 0 Å².